The minimum Gasteiger partial charge on any atom is -0.442 e. The zero-order valence-electron chi connectivity index (χ0n) is 10.2. The van der Waals surface area contributed by atoms with Crippen molar-refractivity contribution in [3.8, 4) is 0 Å². The van der Waals surface area contributed by atoms with Gasteiger partial charge in [-0.2, -0.15) is 9.78 Å². The second-order valence-corrected chi connectivity index (χ2v) is 6.51. The fourth-order valence-corrected chi connectivity index (χ4v) is 2.34. The van der Waals surface area contributed by atoms with E-state index in [0.29, 0.717) is 10.1 Å². The number of ether oxygens (including phenoxy) is 1. The predicted molar refractivity (Wildman–Crippen MR) is 76.8 cm³/mol. The molecule has 0 N–H and O–H groups in total. The van der Waals surface area contributed by atoms with Crippen LogP contribution in [0.15, 0.2) is 27.3 Å². The molecule has 2 aromatic rings. The molecule has 1 aromatic heterocycles. The second-order valence-electron chi connectivity index (χ2n) is 4.84. The first kappa shape index (κ1) is 13.5. The minimum absolute atomic E-state index is 0.486. The summed E-state index contributed by atoms with van der Waals surface area (Å²) in [7, 11) is 0. The van der Waals surface area contributed by atoms with Crippen LogP contribution in [0.3, 0.4) is 0 Å². The fraction of sp³-hybridized carbons (Fsp3) is 0.333. The smallest absolute Gasteiger partial charge is 0.435 e. The van der Waals surface area contributed by atoms with Gasteiger partial charge in [-0.25, -0.2) is 4.79 Å². The van der Waals surface area contributed by atoms with E-state index >= 15 is 0 Å². The normalized spacial score (nSPS) is 11.8. The van der Waals surface area contributed by atoms with E-state index in [9.17, 15) is 4.79 Å². The van der Waals surface area contributed by atoms with Crippen molar-refractivity contribution < 1.29 is 9.53 Å². The molecule has 0 bridgehead atoms. The topological polar surface area (TPSA) is 44.1 Å². The molecule has 0 atom stereocenters. The monoisotopic (exact) mass is 374 g/mol. The first-order valence-electron chi connectivity index (χ1n) is 5.35. The molecule has 6 heteroatoms. The van der Waals surface area contributed by atoms with Crippen molar-refractivity contribution in [3.63, 3.8) is 0 Å². The van der Waals surface area contributed by atoms with Gasteiger partial charge in [0.25, 0.3) is 0 Å². The molecule has 0 fully saturated rings. The van der Waals surface area contributed by atoms with E-state index in [1.807, 2.05) is 39.0 Å². The van der Waals surface area contributed by atoms with Gasteiger partial charge < -0.3 is 4.74 Å². The minimum atomic E-state index is -0.544. The van der Waals surface area contributed by atoms with E-state index in [2.05, 4.69) is 37.0 Å². The summed E-state index contributed by atoms with van der Waals surface area (Å²) < 4.78 is 8.11. The number of fused-ring (bicyclic) bond motifs is 1. The Labute approximate surface area is 122 Å². The summed E-state index contributed by atoms with van der Waals surface area (Å²) in [5, 5.41) is 5.01. The van der Waals surface area contributed by atoms with Crippen molar-refractivity contribution in [3.05, 3.63) is 27.3 Å². The van der Waals surface area contributed by atoms with Gasteiger partial charge in [-0.15, -0.1) is 0 Å². The number of halogens is 2. The zero-order valence-corrected chi connectivity index (χ0v) is 13.4. The van der Waals surface area contributed by atoms with E-state index in [4.69, 9.17) is 4.74 Å². The Morgan fingerprint density at radius 1 is 1.33 bits per heavy atom. The van der Waals surface area contributed by atoms with Gasteiger partial charge >= 0.3 is 6.09 Å². The highest BCUT2D eigenvalue weighted by Gasteiger charge is 2.21. The van der Waals surface area contributed by atoms with Crippen molar-refractivity contribution in [1.29, 1.82) is 0 Å². The molecule has 0 saturated carbocycles. The van der Waals surface area contributed by atoms with Crippen LogP contribution in [0.2, 0.25) is 0 Å². The molecular formula is C12H12Br2N2O2. The Bertz CT molecular complexity index is 614. The largest absolute Gasteiger partial charge is 0.442 e. The lowest BCUT2D eigenvalue weighted by Crippen LogP contribution is -2.27. The third kappa shape index (κ3) is 2.75. The molecule has 1 heterocycles. The number of rotatable bonds is 0. The maximum absolute atomic E-state index is 12.0. The average molecular weight is 376 g/mol. The first-order valence-corrected chi connectivity index (χ1v) is 6.94. The van der Waals surface area contributed by atoms with E-state index < -0.39 is 11.7 Å². The standard InChI is InChI=1S/C12H12Br2N2O2/c1-12(2,3)18-11(17)16-9-5-4-7(13)6-8(9)10(14)15-16/h4-6H,1-3H3. The maximum atomic E-state index is 12.0. The number of benzene rings is 1. The van der Waals surface area contributed by atoms with Crippen molar-refractivity contribution in [2.24, 2.45) is 0 Å². The third-order valence-electron chi connectivity index (χ3n) is 2.16. The summed E-state index contributed by atoms with van der Waals surface area (Å²) in [6.45, 7) is 5.46. The Kier molecular flexibility index (Phi) is 3.51. The highest BCUT2D eigenvalue weighted by molar-refractivity contribution is 9.11. The van der Waals surface area contributed by atoms with Crippen LogP contribution in [0.1, 0.15) is 20.8 Å². The van der Waals surface area contributed by atoms with Gasteiger partial charge in [0, 0.05) is 9.86 Å². The molecule has 0 aliphatic rings. The van der Waals surface area contributed by atoms with Crippen LogP contribution in [0.25, 0.3) is 10.9 Å². The van der Waals surface area contributed by atoms with Crippen molar-refractivity contribution in [2.45, 2.75) is 26.4 Å². The van der Waals surface area contributed by atoms with Crippen LogP contribution in [0.4, 0.5) is 4.79 Å². The van der Waals surface area contributed by atoms with Gasteiger partial charge in [-0.1, -0.05) is 15.9 Å². The molecule has 1 aromatic carbocycles. The van der Waals surface area contributed by atoms with Gasteiger partial charge in [-0.3, -0.25) is 0 Å². The lowest BCUT2D eigenvalue weighted by molar-refractivity contribution is 0.0522. The Hall–Kier alpha value is -0.880. The zero-order chi connectivity index (χ0) is 13.5. The quantitative estimate of drug-likeness (QED) is 0.687. The SMILES string of the molecule is CC(C)(C)OC(=O)n1nc(Br)c2cc(Br)ccc21. The number of hydrogen-bond donors (Lipinski definition) is 0. The molecule has 0 unspecified atom stereocenters. The molecule has 0 aliphatic carbocycles. The Morgan fingerprint density at radius 2 is 2.00 bits per heavy atom. The van der Waals surface area contributed by atoms with Gasteiger partial charge in [0.15, 0.2) is 0 Å². The van der Waals surface area contributed by atoms with Crippen LogP contribution in [0.5, 0.6) is 0 Å². The molecule has 2 rings (SSSR count). The number of carbonyl (C=O) groups is 1. The average Bonchev–Trinajstić information content (AvgIpc) is 2.54. The molecule has 0 aliphatic heterocycles. The number of aromatic nitrogens is 2. The van der Waals surface area contributed by atoms with Gasteiger partial charge in [-0.05, 0) is 54.9 Å². The Morgan fingerprint density at radius 3 is 2.61 bits per heavy atom. The summed E-state index contributed by atoms with van der Waals surface area (Å²) in [6, 6.07) is 5.58. The Balaban J connectivity index is 2.49. The van der Waals surface area contributed by atoms with Crippen LogP contribution >= 0.6 is 31.9 Å². The maximum Gasteiger partial charge on any atom is 0.435 e. The number of nitrogens with zero attached hydrogens (tertiary/aromatic N) is 2. The van der Waals surface area contributed by atoms with E-state index in [1.54, 1.807) is 0 Å². The van der Waals surface area contributed by atoms with Crippen LogP contribution in [0, 0.1) is 0 Å². The van der Waals surface area contributed by atoms with E-state index in [1.165, 1.54) is 4.68 Å². The van der Waals surface area contributed by atoms with Gasteiger partial charge in [0.2, 0.25) is 0 Å². The van der Waals surface area contributed by atoms with Crippen molar-refractivity contribution >= 4 is 48.9 Å². The second kappa shape index (κ2) is 4.66. The summed E-state index contributed by atoms with van der Waals surface area (Å²) >= 11 is 6.73. The molecule has 0 spiro atoms. The summed E-state index contributed by atoms with van der Waals surface area (Å²) in [5.41, 5.74) is 0.163. The van der Waals surface area contributed by atoms with Crippen molar-refractivity contribution in [1.82, 2.24) is 9.78 Å². The number of hydrogen-bond acceptors (Lipinski definition) is 3. The third-order valence-corrected chi connectivity index (χ3v) is 3.24. The van der Waals surface area contributed by atoms with Gasteiger partial charge in [0.1, 0.15) is 10.2 Å². The molecule has 96 valence electrons. The predicted octanol–water partition coefficient (Wildman–Crippen LogP) is 4.34. The lowest BCUT2D eigenvalue weighted by atomic mass is 10.2. The van der Waals surface area contributed by atoms with Crippen LogP contribution < -0.4 is 0 Å². The highest BCUT2D eigenvalue weighted by atomic mass is 79.9. The molecule has 0 amide bonds. The van der Waals surface area contributed by atoms with Crippen LogP contribution in [-0.4, -0.2) is 21.5 Å². The fourth-order valence-electron chi connectivity index (χ4n) is 1.50. The number of carbonyl (C=O) groups excluding carboxylic acids is 1. The van der Waals surface area contributed by atoms with Crippen LogP contribution in [-0.2, 0) is 4.74 Å². The molecular weight excluding hydrogens is 364 g/mol. The van der Waals surface area contributed by atoms with Crippen molar-refractivity contribution in [2.75, 3.05) is 0 Å². The van der Waals surface area contributed by atoms with E-state index in [-0.39, 0.29) is 0 Å². The van der Waals surface area contributed by atoms with Gasteiger partial charge in [0.05, 0.1) is 5.52 Å². The summed E-state index contributed by atoms with van der Waals surface area (Å²) in [5.74, 6) is 0. The lowest BCUT2D eigenvalue weighted by Gasteiger charge is -2.19. The summed E-state index contributed by atoms with van der Waals surface area (Å²) in [4.78, 5) is 12.0. The molecule has 0 saturated heterocycles. The highest BCUT2D eigenvalue weighted by Crippen LogP contribution is 2.27. The first-order chi connectivity index (χ1) is 8.28. The molecule has 0 radical (unpaired) electrons. The molecule has 18 heavy (non-hydrogen) atoms. The van der Waals surface area contributed by atoms with E-state index in [0.717, 1.165) is 9.86 Å². The summed E-state index contributed by atoms with van der Waals surface area (Å²) in [6.07, 6.45) is -0.486. The molecule has 4 nitrogen and oxygen atoms in total.